The van der Waals surface area contributed by atoms with E-state index in [1.807, 2.05) is 0 Å². The summed E-state index contributed by atoms with van der Waals surface area (Å²) in [7, 11) is 0. The van der Waals surface area contributed by atoms with Crippen molar-refractivity contribution in [1.82, 2.24) is 5.32 Å². The standard InChI is InChI=1S/C8H13NO4/c10-7-1-5-13-8(11)2-4-12-6-3-9-7/h1-6H2,(H,9,10). The van der Waals surface area contributed by atoms with E-state index in [0.29, 0.717) is 19.8 Å². The second-order valence-electron chi connectivity index (χ2n) is 2.68. The Kier molecular flexibility index (Phi) is 4.25. The summed E-state index contributed by atoms with van der Waals surface area (Å²) in [5.74, 6) is -0.423. The zero-order chi connectivity index (χ0) is 9.52. The van der Waals surface area contributed by atoms with Crippen molar-refractivity contribution in [2.45, 2.75) is 12.8 Å². The van der Waals surface area contributed by atoms with Gasteiger partial charge < -0.3 is 14.8 Å². The molecule has 0 bridgehead atoms. The average molecular weight is 187 g/mol. The number of ether oxygens (including phenoxy) is 2. The molecule has 0 saturated carbocycles. The molecule has 1 aliphatic rings. The van der Waals surface area contributed by atoms with E-state index in [9.17, 15) is 9.59 Å². The van der Waals surface area contributed by atoms with Crippen molar-refractivity contribution in [3.63, 3.8) is 0 Å². The molecule has 0 aromatic rings. The molecule has 0 radical (unpaired) electrons. The van der Waals surface area contributed by atoms with E-state index >= 15 is 0 Å². The molecular formula is C8H13NO4. The Hall–Kier alpha value is -1.10. The number of amides is 1. The minimum Gasteiger partial charge on any atom is -0.465 e. The first-order chi connectivity index (χ1) is 6.29. The molecule has 1 saturated heterocycles. The lowest BCUT2D eigenvalue weighted by Gasteiger charge is -2.02. The van der Waals surface area contributed by atoms with Gasteiger partial charge in [0.2, 0.25) is 5.91 Å². The SMILES string of the molecule is O=C1CCOC(=O)CCOCCN1. The van der Waals surface area contributed by atoms with Crippen LogP contribution in [0.3, 0.4) is 0 Å². The number of rotatable bonds is 0. The summed E-state index contributed by atoms with van der Waals surface area (Å²) in [6.07, 6.45) is 0.486. The van der Waals surface area contributed by atoms with Crippen LogP contribution in [-0.4, -0.2) is 38.2 Å². The topological polar surface area (TPSA) is 64.6 Å². The van der Waals surface area contributed by atoms with Gasteiger partial charge in [0.1, 0.15) is 6.61 Å². The van der Waals surface area contributed by atoms with Crippen LogP contribution < -0.4 is 5.32 Å². The smallest absolute Gasteiger partial charge is 0.308 e. The Morgan fingerprint density at radius 1 is 1.08 bits per heavy atom. The van der Waals surface area contributed by atoms with Crippen LogP contribution in [0.15, 0.2) is 0 Å². The molecule has 74 valence electrons. The van der Waals surface area contributed by atoms with E-state index in [1.54, 1.807) is 0 Å². The minimum atomic E-state index is -0.310. The highest BCUT2D eigenvalue weighted by molar-refractivity contribution is 5.76. The summed E-state index contributed by atoms with van der Waals surface area (Å²) in [4.78, 5) is 21.8. The quantitative estimate of drug-likeness (QED) is 0.517. The van der Waals surface area contributed by atoms with Gasteiger partial charge in [0.25, 0.3) is 0 Å². The van der Waals surface area contributed by atoms with Crippen LogP contribution in [0, 0.1) is 0 Å². The lowest BCUT2D eigenvalue weighted by Crippen LogP contribution is -2.27. The molecule has 1 aliphatic heterocycles. The lowest BCUT2D eigenvalue weighted by molar-refractivity contribution is -0.145. The molecule has 13 heavy (non-hydrogen) atoms. The number of nitrogens with one attached hydrogen (secondary N) is 1. The maximum Gasteiger partial charge on any atom is 0.308 e. The first-order valence-electron chi connectivity index (χ1n) is 4.29. The van der Waals surface area contributed by atoms with Crippen molar-refractivity contribution in [1.29, 1.82) is 0 Å². The van der Waals surface area contributed by atoms with Crippen molar-refractivity contribution >= 4 is 11.9 Å². The van der Waals surface area contributed by atoms with Crippen molar-refractivity contribution in [2.75, 3.05) is 26.4 Å². The maximum atomic E-state index is 11.0. The van der Waals surface area contributed by atoms with Gasteiger partial charge in [-0.15, -0.1) is 0 Å². The molecule has 0 unspecified atom stereocenters. The molecule has 1 heterocycles. The van der Waals surface area contributed by atoms with E-state index < -0.39 is 0 Å². The molecule has 0 aliphatic carbocycles. The summed E-state index contributed by atoms with van der Waals surface area (Å²) in [5.41, 5.74) is 0. The molecule has 5 heteroatoms. The van der Waals surface area contributed by atoms with Crippen LogP contribution in [0.4, 0.5) is 0 Å². The van der Waals surface area contributed by atoms with Gasteiger partial charge in [0.15, 0.2) is 0 Å². The van der Waals surface area contributed by atoms with E-state index in [2.05, 4.69) is 5.32 Å². The van der Waals surface area contributed by atoms with Gasteiger partial charge >= 0.3 is 5.97 Å². The third-order valence-corrected chi connectivity index (χ3v) is 1.61. The second kappa shape index (κ2) is 5.53. The number of carbonyl (C=O) groups is 2. The highest BCUT2D eigenvalue weighted by Gasteiger charge is 2.07. The Morgan fingerprint density at radius 2 is 1.92 bits per heavy atom. The lowest BCUT2D eigenvalue weighted by atomic mass is 10.4. The fourth-order valence-electron chi connectivity index (χ4n) is 0.938. The highest BCUT2D eigenvalue weighted by Crippen LogP contribution is 1.92. The zero-order valence-electron chi connectivity index (χ0n) is 7.38. The van der Waals surface area contributed by atoms with E-state index in [1.165, 1.54) is 0 Å². The summed E-state index contributed by atoms with van der Waals surface area (Å²) < 4.78 is 9.83. The summed E-state index contributed by atoms with van der Waals surface area (Å²) in [6.45, 7) is 1.45. The van der Waals surface area contributed by atoms with Gasteiger partial charge in [-0.1, -0.05) is 0 Å². The Balaban J connectivity index is 2.31. The fourth-order valence-corrected chi connectivity index (χ4v) is 0.938. The monoisotopic (exact) mass is 187 g/mol. The molecule has 1 N–H and O–H groups in total. The number of cyclic esters (lactones) is 1. The highest BCUT2D eigenvalue weighted by atomic mass is 16.5. The largest absolute Gasteiger partial charge is 0.465 e. The molecule has 0 aromatic heterocycles. The molecule has 0 aromatic carbocycles. The molecule has 0 atom stereocenters. The van der Waals surface area contributed by atoms with Gasteiger partial charge in [-0.05, 0) is 0 Å². The normalized spacial score (nSPS) is 21.2. The molecule has 1 fully saturated rings. The van der Waals surface area contributed by atoms with Crippen molar-refractivity contribution in [3.8, 4) is 0 Å². The third kappa shape index (κ3) is 4.47. The number of carbonyl (C=O) groups excluding carboxylic acids is 2. The van der Waals surface area contributed by atoms with Crippen LogP contribution in [0.1, 0.15) is 12.8 Å². The fraction of sp³-hybridized carbons (Fsp3) is 0.750. The van der Waals surface area contributed by atoms with Crippen molar-refractivity contribution < 1.29 is 19.1 Å². The third-order valence-electron chi connectivity index (χ3n) is 1.61. The molecule has 1 rings (SSSR count). The number of hydrogen-bond acceptors (Lipinski definition) is 4. The summed E-state index contributed by atoms with van der Waals surface area (Å²) in [5, 5.41) is 2.64. The van der Waals surface area contributed by atoms with Crippen LogP contribution in [-0.2, 0) is 19.1 Å². The van der Waals surface area contributed by atoms with Gasteiger partial charge in [-0.2, -0.15) is 0 Å². The van der Waals surface area contributed by atoms with Crippen LogP contribution in [0.2, 0.25) is 0 Å². The van der Waals surface area contributed by atoms with E-state index in [-0.39, 0.29) is 31.3 Å². The first-order valence-corrected chi connectivity index (χ1v) is 4.29. The van der Waals surface area contributed by atoms with Gasteiger partial charge in [-0.3, -0.25) is 9.59 Å². The zero-order valence-corrected chi connectivity index (χ0v) is 7.38. The predicted molar refractivity (Wildman–Crippen MR) is 44.0 cm³/mol. The van der Waals surface area contributed by atoms with Gasteiger partial charge in [0, 0.05) is 6.54 Å². The van der Waals surface area contributed by atoms with E-state index in [0.717, 1.165) is 0 Å². The average Bonchev–Trinajstić information content (AvgIpc) is 2.13. The van der Waals surface area contributed by atoms with Crippen molar-refractivity contribution in [3.05, 3.63) is 0 Å². The number of hydrogen-bond donors (Lipinski definition) is 1. The summed E-state index contributed by atoms with van der Waals surface area (Å²) in [6, 6.07) is 0. The Labute approximate surface area is 76.4 Å². The Bertz CT molecular complexity index is 173. The molecule has 1 amide bonds. The van der Waals surface area contributed by atoms with Gasteiger partial charge in [0.05, 0.1) is 26.1 Å². The second-order valence-corrected chi connectivity index (χ2v) is 2.68. The van der Waals surface area contributed by atoms with Gasteiger partial charge in [-0.25, -0.2) is 0 Å². The van der Waals surface area contributed by atoms with Crippen LogP contribution >= 0.6 is 0 Å². The molecular weight excluding hydrogens is 174 g/mol. The first kappa shape index (κ1) is 9.98. The van der Waals surface area contributed by atoms with E-state index in [4.69, 9.17) is 9.47 Å². The molecule has 5 nitrogen and oxygen atoms in total. The Morgan fingerprint density at radius 3 is 2.77 bits per heavy atom. The minimum absolute atomic E-state index is 0.113. The van der Waals surface area contributed by atoms with Crippen LogP contribution in [0.25, 0.3) is 0 Å². The van der Waals surface area contributed by atoms with Crippen LogP contribution in [0.5, 0.6) is 0 Å². The maximum absolute atomic E-state index is 11.0. The van der Waals surface area contributed by atoms with Crippen molar-refractivity contribution in [2.24, 2.45) is 0 Å². The molecule has 0 spiro atoms. The number of esters is 1. The summed E-state index contributed by atoms with van der Waals surface area (Å²) >= 11 is 0. The predicted octanol–water partition coefficient (Wildman–Crippen LogP) is -0.544.